The lowest BCUT2D eigenvalue weighted by atomic mass is 10.1. The second-order valence-electron chi connectivity index (χ2n) is 4.61. The Bertz CT molecular complexity index is 584. The van der Waals surface area contributed by atoms with Crippen molar-refractivity contribution in [3.63, 3.8) is 0 Å². The molecule has 1 saturated heterocycles. The Labute approximate surface area is 105 Å². The fraction of sp³-hybridized carbons (Fsp3) is 0.462. The largest absolute Gasteiger partial charge is 0.339 e. The van der Waals surface area contributed by atoms with Crippen LogP contribution in [0.1, 0.15) is 30.1 Å². The zero-order valence-corrected chi connectivity index (χ0v) is 10.5. The summed E-state index contributed by atoms with van der Waals surface area (Å²) in [5, 5.41) is 8.15. The number of rotatable bonds is 2. The number of carbonyl (C=O) groups is 1. The van der Waals surface area contributed by atoms with Crippen molar-refractivity contribution in [2.45, 2.75) is 26.3 Å². The first-order valence-electron chi connectivity index (χ1n) is 6.42. The first kappa shape index (κ1) is 11.2. The number of benzene rings is 1. The molecule has 0 saturated carbocycles. The van der Waals surface area contributed by atoms with Crippen LogP contribution in [0, 0.1) is 0 Å². The minimum atomic E-state index is 0.112. The van der Waals surface area contributed by atoms with Crippen LogP contribution >= 0.6 is 0 Å². The molecule has 1 aliphatic rings. The summed E-state index contributed by atoms with van der Waals surface area (Å²) in [7, 11) is 0. The molecule has 94 valence electrons. The Morgan fingerprint density at radius 1 is 1.33 bits per heavy atom. The molecule has 0 bridgehead atoms. The molecule has 18 heavy (non-hydrogen) atoms. The van der Waals surface area contributed by atoms with Crippen molar-refractivity contribution in [3.8, 4) is 0 Å². The highest BCUT2D eigenvalue weighted by molar-refractivity contribution is 5.97. The van der Waals surface area contributed by atoms with Crippen molar-refractivity contribution >= 4 is 16.9 Å². The molecule has 2 heterocycles. The van der Waals surface area contributed by atoms with E-state index in [0.717, 1.165) is 43.5 Å². The minimum absolute atomic E-state index is 0.112. The number of nitrogens with zero attached hydrogens (tertiary/aromatic N) is 4. The number of likely N-dealkylation sites (tertiary alicyclic amines) is 1. The van der Waals surface area contributed by atoms with E-state index in [9.17, 15) is 4.79 Å². The summed E-state index contributed by atoms with van der Waals surface area (Å²) in [4.78, 5) is 14.1. The predicted octanol–water partition coefficient (Wildman–Crippen LogP) is 1.69. The van der Waals surface area contributed by atoms with Crippen LogP contribution in [-0.4, -0.2) is 38.9 Å². The first-order chi connectivity index (χ1) is 8.79. The Morgan fingerprint density at radius 2 is 2.11 bits per heavy atom. The zero-order chi connectivity index (χ0) is 12.5. The molecule has 1 amide bonds. The van der Waals surface area contributed by atoms with Gasteiger partial charge in [-0.3, -0.25) is 4.79 Å². The Balaban J connectivity index is 1.95. The molecule has 0 spiro atoms. The maximum absolute atomic E-state index is 12.2. The van der Waals surface area contributed by atoms with Gasteiger partial charge >= 0.3 is 0 Å². The van der Waals surface area contributed by atoms with Crippen LogP contribution in [0.2, 0.25) is 0 Å². The number of aromatic nitrogens is 3. The van der Waals surface area contributed by atoms with Crippen LogP contribution in [0.4, 0.5) is 0 Å². The normalized spacial score (nSPS) is 15.5. The summed E-state index contributed by atoms with van der Waals surface area (Å²) < 4.78 is 1.83. The SMILES string of the molecule is CCn1nnc2cc(C(=O)N3CCCC3)ccc21. The smallest absolute Gasteiger partial charge is 0.253 e. The van der Waals surface area contributed by atoms with E-state index >= 15 is 0 Å². The molecule has 0 radical (unpaired) electrons. The maximum Gasteiger partial charge on any atom is 0.253 e. The molecule has 5 heteroatoms. The van der Waals surface area contributed by atoms with E-state index in [1.165, 1.54) is 0 Å². The van der Waals surface area contributed by atoms with Gasteiger partial charge in [-0.15, -0.1) is 5.10 Å². The van der Waals surface area contributed by atoms with E-state index in [2.05, 4.69) is 10.3 Å². The number of hydrogen-bond donors (Lipinski definition) is 0. The Kier molecular flexibility index (Phi) is 2.74. The highest BCUT2D eigenvalue weighted by atomic mass is 16.2. The van der Waals surface area contributed by atoms with Crippen LogP contribution < -0.4 is 0 Å². The summed E-state index contributed by atoms with van der Waals surface area (Å²) in [5.74, 6) is 0.112. The summed E-state index contributed by atoms with van der Waals surface area (Å²) in [6.45, 7) is 4.56. The van der Waals surface area contributed by atoms with E-state index in [4.69, 9.17) is 0 Å². The molecule has 0 unspecified atom stereocenters. The molecule has 2 aromatic rings. The molecular weight excluding hydrogens is 228 g/mol. The number of carbonyl (C=O) groups excluding carboxylic acids is 1. The van der Waals surface area contributed by atoms with Gasteiger partial charge in [0.1, 0.15) is 5.52 Å². The van der Waals surface area contributed by atoms with Gasteiger partial charge in [0.05, 0.1) is 5.52 Å². The van der Waals surface area contributed by atoms with E-state index in [1.54, 1.807) is 0 Å². The van der Waals surface area contributed by atoms with Gasteiger partial charge in [0.25, 0.3) is 5.91 Å². The lowest BCUT2D eigenvalue weighted by Crippen LogP contribution is -2.27. The van der Waals surface area contributed by atoms with Crippen LogP contribution in [-0.2, 0) is 6.54 Å². The quantitative estimate of drug-likeness (QED) is 0.807. The third kappa shape index (κ3) is 1.75. The Morgan fingerprint density at radius 3 is 2.83 bits per heavy atom. The van der Waals surface area contributed by atoms with Crippen molar-refractivity contribution in [2.75, 3.05) is 13.1 Å². The standard InChI is InChI=1S/C13H16N4O/c1-2-17-12-6-5-10(9-11(12)14-15-17)13(18)16-7-3-4-8-16/h5-6,9H,2-4,7-8H2,1H3. The molecule has 1 aromatic carbocycles. The van der Waals surface area contributed by atoms with Gasteiger partial charge in [0.2, 0.25) is 0 Å². The van der Waals surface area contributed by atoms with Crippen LogP contribution in [0.25, 0.3) is 11.0 Å². The number of aryl methyl sites for hydroxylation is 1. The van der Waals surface area contributed by atoms with E-state index in [1.807, 2.05) is 34.7 Å². The molecule has 0 N–H and O–H groups in total. The number of hydrogen-bond acceptors (Lipinski definition) is 3. The van der Waals surface area contributed by atoms with Gasteiger partial charge in [0.15, 0.2) is 0 Å². The first-order valence-corrected chi connectivity index (χ1v) is 6.42. The van der Waals surface area contributed by atoms with Gasteiger partial charge in [-0.2, -0.15) is 0 Å². The third-order valence-electron chi connectivity index (χ3n) is 3.45. The average Bonchev–Trinajstić information content (AvgIpc) is 3.06. The zero-order valence-electron chi connectivity index (χ0n) is 10.5. The highest BCUT2D eigenvalue weighted by Crippen LogP contribution is 2.17. The second-order valence-corrected chi connectivity index (χ2v) is 4.61. The summed E-state index contributed by atoms with van der Waals surface area (Å²) in [6.07, 6.45) is 2.22. The molecule has 1 fully saturated rings. The Hall–Kier alpha value is -1.91. The van der Waals surface area contributed by atoms with Crippen LogP contribution in [0.3, 0.4) is 0 Å². The van der Waals surface area contributed by atoms with E-state index in [0.29, 0.717) is 5.56 Å². The summed E-state index contributed by atoms with van der Waals surface area (Å²) in [5.41, 5.74) is 2.49. The molecule has 0 aliphatic carbocycles. The van der Waals surface area contributed by atoms with Crippen molar-refractivity contribution < 1.29 is 4.79 Å². The van der Waals surface area contributed by atoms with E-state index < -0.39 is 0 Å². The minimum Gasteiger partial charge on any atom is -0.339 e. The van der Waals surface area contributed by atoms with Crippen LogP contribution in [0.5, 0.6) is 0 Å². The van der Waals surface area contributed by atoms with Gasteiger partial charge in [-0.25, -0.2) is 4.68 Å². The summed E-state index contributed by atoms with van der Waals surface area (Å²) in [6, 6.07) is 5.65. The second kappa shape index (κ2) is 4.40. The summed E-state index contributed by atoms with van der Waals surface area (Å²) >= 11 is 0. The topological polar surface area (TPSA) is 51.0 Å². The van der Waals surface area contributed by atoms with Crippen molar-refractivity contribution in [1.29, 1.82) is 0 Å². The number of amides is 1. The molecule has 1 aliphatic heterocycles. The lowest BCUT2D eigenvalue weighted by molar-refractivity contribution is 0.0793. The van der Waals surface area contributed by atoms with Gasteiger partial charge in [0, 0.05) is 25.2 Å². The fourth-order valence-corrected chi connectivity index (χ4v) is 2.44. The van der Waals surface area contributed by atoms with Gasteiger partial charge in [-0.05, 0) is 38.0 Å². The van der Waals surface area contributed by atoms with Gasteiger partial charge < -0.3 is 4.90 Å². The third-order valence-corrected chi connectivity index (χ3v) is 3.45. The molecule has 5 nitrogen and oxygen atoms in total. The van der Waals surface area contributed by atoms with Gasteiger partial charge in [-0.1, -0.05) is 5.21 Å². The average molecular weight is 244 g/mol. The highest BCUT2D eigenvalue weighted by Gasteiger charge is 2.20. The predicted molar refractivity (Wildman–Crippen MR) is 68.3 cm³/mol. The van der Waals surface area contributed by atoms with Crippen molar-refractivity contribution in [3.05, 3.63) is 23.8 Å². The number of fused-ring (bicyclic) bond motifs is 1. The van der Waals surface area contributed by atoms with E-state index in [-0.39, 0.29) is 5.91 Å². The van der Waals surface area contributed by atoms with Crippen LogP contribution in [0.15, 0.2) is 18.2 Å². The maximum atomic E-state index is 12.2. The molecule has 0 atom stereocenters. The fourth-order valence-electron chi connectivity index (χ4n) is 2.44. The molecule has 1 aromatic heterocycles. The van der Waals surface area contributed by atoms with Crippen molar-refractivity contribution in [2.24, 2.45) is 0 Å². The molecular formula is C13H16N4O. The van der Waals surface area contributed by atoms with Crippen molar-refractivity contribution in [1.82, 2.24) is 19.9 Å². The molecule has 3 rings (SSSR count). The lowest BCUT2D eigenvalue weighted by Gasteiger charge is -2.14. The monoisotopic (exact) mass is 244 g/mol.